The molecule has 21 heavy (non-hydrogen) atoms. The molecule has 106 valence electrons. The third-order valence-corrected chi connectivity index (χ3v) is 4.88. The number of aryl methyl sites for hydroxylation is 1. The molecule has 1 aliphatic carbocycles. The van der Waals surface area contributed by atoms with Crippen LogP contribution in [0.3, 0.4) is 0 Å². The number of rotatable bonds is 3. The van der Waals surface area contributed by atoms with Gasteiger partial charge in [0.05, 0.1) is 6.04 Å². The first kappa shape index (κ1) is 12.6. The molecule has 0 amide bonds. The third kappa shape index (κ3) is 2.45. The minimum atomic E-state index is 0.425. The van der Waals surface area contributed by atoms with Crippen LogP contribution in [0.1, 0.15) is 29.3 Å². The van der Waals surface area contributed by atoms with Crippen molar-refractivity contribution in [3.63, 3.8) is 0 Å². The zero-order valence-corrected chi connectivity index (χ0v) is 12.3. The number of nitrogens with one attached hydrogen (secondary N) is 1. The third-order valence-electron chi connectivity index (χ3n) is 3.88. The molecule has 1 aliphatic rings. The number of anilines is 1. The molecule has 0 bridgehead atoms. The lowest BCUT2D eigenvalue weighted by atomic mass is 9.94. The quantitative estimate of drug-likeness (QED) is 0.783. The van der Waals surface area contributed by atoms with E-state index in [9.17, 15) is 0 Å². The lowest BCUT2D eigenvalue weighted by Gasteiger charge is -2.24. The molecule has 0 fully saturated rings. The highest BCUT2D eigenvalue weighted by molar-refractivity contribution is 7.10. The second-order valence-electron chi connectivity index (χ2n) is 5.21. The van der Waals surface area contributed by atoms with Gasteiger partial charge >= 0.3 is 0 Å². The fourth-order valence-electron chi connectivity index (χ4n) is 2.85. The fraction of sp³-hybridized carbons (Fsp3) is 0.250. The average molecular weight is 297 g/mol. The number of thiophene rings is 1. The largest absolute Gasteiger partial charge is 0.423 e. The van der Waals surface area contributed by atoms with E-state index in [-0.39, 0.29) is 0 Å². The van der Waals surface area contributed by atoms with Crippen molar-refractivity contribution in [3.05, 3.63) is 52.5 Å². The van der Waals surface area contributed by atoms with E-state index in [0.29, 0.717) is 11.9 Å². The lowest BCUT2D eigenvalue weighted by Crippen LogP contribution is -2.15. The first-order valence-electron chi connectivity index (χ1n) is 7.09. The number of nitrogens with zero attached hydrogens (tertiary/aromatic N) is 2. The summed E-state index contributed by atoms with van der Waals surface area (Å²) in [5.41, 5.74) is 3.53. The maximum absolute atomic E-state index is 5.20. The van der Waals surface area contributed by atoms with Gasteiger partial charge in [-0.3, -0.25) is 0 Å². The van der Waals surface area contributed by atoms with Gasteiger partial charge in [0.15, 0.2) is 0 Å². The SMILES string of the molecule is c1nnc(-c2ccc(NC3CCCc4sccc43)cc2)o1. The van der Waals surface area contributed by atoms with Crippen LogP contribution in [0.15, 0.2) is 46.5 Å². The molecule has 4 rings (SSSR count). The normalized spacial score (nSPS) is 17.4. The van der Waals surface area contributed by atoms with E-state index in [1.165, 1.54) is 36.1 Å². The van der Waals surface area contributed by atoms with Crippen LogP contribution in [0.4, 0.5) is 5.69 Å². The van der Waals surface area contributed by atoms with Gasteiger partial charge in [-0.15, -0.1) is 21.5 Å². The van der Waals surface area contributed by atoms with Crippen molar-refractivity contribution in [2.24, 2.45) is 0 Å². The van der Waals surface area contributed by atoms with Crippen LogP contribution in [0.25, 0.3) is 11.5 Å². The molecule has 3 aromatic rings. The minimum Gasteiger partial charge on any atom is -0.423 e. The predicted molar refractivity (Wildman–Crippen MR) is 83.4 cm³/mol. The predicted octanol–water partition coefficient (Wildman–Crippen LogP) is 4.29. The van der Waals surface area contributed by atoms with Crippen molar-refractivity contribution in [2.45, 2.75) is 25.3 Å². The van der Waals surface area contributed by atoms with E-state index >= 15 is 0 Å². The highest BCUT2D eigenvalue weighted by atomic mass is 32.1. The maximum Gasteiger partial charge on any atom is 0.247 e. The number of benzene rings is 1. The Kier molecular flexibility index (Phi) is 3.20. The molecule has 0 aliphatic heterocycles. The number of hydrogen-bond donors (Lipinski definition) is 1. The summed E-state index contributed by atoms with van der Waals surface area (Å²) in [5.74, 6) is 0.555. The van der Waals surface area contributed by atoms with Crippen molar-refractivity contribution < 1.29 is 4.42 Å². The first-order valence-corrected chi connectivity index (χ1v) is 7.97. The van der Waals surface area contributed by atoms with Gasteiger partial charge in [0.25, 0.3) is 0 Å². The van der Waals surface area contributed by atoms with E-state index in [2.05, 4.69) is 39.1 Å². The molecular weight excluding hydrogens is 282 g/mol. The molecule has 0 radical (unpaired) electrons. The second kappa shape index (κ2) is 5.33. The summed E-state index contributed by atoms with van der Waals surface area (Å²) in [6, 6.07) is 10.8. The summed E-state index contributed by atoms with van der Waals surface area (Å²) in [6.07, 6.45) is 5.02. The Hall–Kier alpha value is -2.14. The van der Waals surface area contributed by atoms with Crippen LogP contribution in [0.5, 0.6) is 0 Å². The van der Waals surface area contributed by atoms with Crippen LogP contribution >= 0.6 is 11.3 Å². The summed E-state index contributed by atoms with van der Waals surface area (Å²) in [7, 11) is 0. The van der Waals surface area contributed by atoms with Crippen LogP contribution in [-0.2, 0) is 6.42 Å². The summed E-state index contributed by atoms with van der Waals surface area (Å²) in [4.78, 5) is 1.53. The summed E-state index contributed by atoms with van der Waals surface area (Å²) in [5, 5.41) is 13.5. The average Bonchev–Trinajstić information content (AvgIpc) is 3.20. The molecule has 1 unspecified atom stereocenters. The molecule has 1 atom stereocenters. The summed E-state index contributed by atoms with van der Waals surface area (Å²) >= 11 is 1.87. The van der Waals surface area contributed by atoms with Gasteiger partial charge < -0.3 is 9.73 Å². The Morgan fingerprint density at radius 1 is 1.19 bits per heavy atom. The molecule has 1 N–H and O–H groups in total. The van der Waals surface area contributed by atoms with Crippen molar-refractivity contribution in [3.8, 4) is 11.5 Å². The van der Waals surface area contributed by atoms with Gasteiger partial charge in [-0.05, 0) is 60.5 Å². The Labute approximate surface area is 126 Å². The maximum atomic E-state index is 5.20. The molecule has 2 heterocycles. The van der Waals surface area contributed by atoms with Crippen molar-refractivity contribution in [2.75, 3.05) is 5.32 Å². The van der Waals surface area contributed by atoms with Gasteiger partial charge in [0.2, 0.25) is 12.3 Å². The molecule has 2 aromatic heterocycles. The summed E-state index contributed by atoms with van der Waals surface area (Å²) < 4.78 is 5.20. The molecule has 5 heteroatoms. The molecule has 0 saturated carbocycles. The van der Waals surface area contributed by atoms with E-state index < -0.39 is 0 Å². The lowest BCUT2D eigenvalue weighted by molar-refractivity contribution is 0.568. The minimum absolute atomic E-state index is 0.425. The van der Waals surface area contributed by atoms with Gasteiger partial charge in [-0.1, -0.05) is 0 Å². The molecular formula is C16H15N3OS. The number of aromatic nitrogens is 2. The molecule has 0 saturated heterocycles. The summed E-state index contributed by atoms with van der Waals surface area (Å²) in [6.45, 7) is 0. The molecule has 0 spiro atoms. The van der Waals surface area contributed by atoms with E-state index in [1.807, 2.05) is 23.5 Å². The Morgan fingerprint density at radius 2 is 2.10 bits per heavy atom. The van der Waals surface area contributed by atoms with Crippen LogP contribution < -0.4 is 5.32 Å². The molecule has 4 nitrogen and oxygen atoms in total. The van der Waals surface area contributed by atoms with E-state index in [4.69, 9.17) is 4.42 Å². The van der Waals surface area contributed by atoms with Crippen LogP contribution in [0, 0.1) is 0 Å². The Balaban J connectivity index is 1.54. The number of hydrogen-bond acceptors (Lipinski definition) is 5. The molecule has 1 aromatic carbocycles. The van der Waals surface area contributed by atoms with Crippen molar-refractivity contribution in [1.29, 1.82) is 0 Å². The smallest absolute Gasteiger partial charge is 0.247 e. The van der Waals surface area contributed by atoms with Crippen LogP contribution in [0.2, 0.25) is 0 Å². The Bertz CT molecular complexity index is 718. The Morgan fingerprint density at radius 3 is 2.90 bits per heavy atom. The zero-order chi connectivity index (χ0) is 14.1. The monoisotopic (exact) mass is 297 g/mol. The van der Waals surface area contributed by atoms with E-state index in [0.717, 1.165) is 11.3 Å². The van der Waals surface area contributed by atoms with Gasteiger partial charge in [-0.2, -0.15) is 0 Å². The highest BCUT2D eigenvalue weighted by Crippen LogP contribution is 2.35. The van der Waals surface area contributed by atoms with Gasteiger partial charge in [-0.25, -0.2) is 0 Å². The number of fused-ring (bicyclic) bond motifs is 1. The standard InChI is InChI=1S/C16H15N3OS/c1-2-14(13-8-9-21-15(13)3-1)18-12-6-4-11(5-7-12)16-19-17-10-20-16/h4-10,14,18H,1-3H2. The van der Waals surface area contributed by atoms with Gasteiger partial charge in [0, 0.05) is 16.1 Å². The van der Waals surface area contributed by atoms with Crippen LogP contribution in [-0.4, -0.2) is 10.2 Å². The topological polar surface area (TPSA) is 51.0 Å². The highest BCUT2D eigenvalue weighted by Gasteiger charge is 2.20. The zero-order valence-electron chi connectivity index (χ0n) is 11.5. The van der Waals surface area contributed by atoms with Crippen molar-refractivity contribution >= 4 is 17.0 Å². The van der Waals surface area contributed by atoms with E-state index in [1.54, 1.807) is 0 Å². The van der Waals surface area contributed by atoms with Gasteiger partial charge in [0.1, 0.15) is 0 Å². The van der Waals surface area contributed by atoms with Crippen molar-refractivity contribution in [1.82, 2.24) is 10.2 Å². The second-order valence-corrected chi connectivity index (χ2v) is 6.21. The first-order chi connectivity index (χ1) is 10.4. The fourth-order valence-corrected chi connectivity index (χ4v) is 3.83.